The molecule has 9 nitrogen and oxygen atoms in total. The van der Waals surface area contributed by atoms with Crippen LogP contribution in [0.5, 0.6) is 0 Å². The smallest absolute Gasteiger partial charge is 0.425 e. The van der Waals surface area contributed by atoms with Gasteiger partial charge in [-0.05, 0) is 42.8 Å². The van der Waals surface area contributed by atoms with Crippen molar-refractivity contribution in [2.24, 2.45) is 0 Å². The molecule has 33 heavy (non-hydrogen) atoms. The molecule has 172 valence electrons. The molecule has 0 saturated heterocycles. The third kappa shape index (κ3) is 5.05. The van der Waals surface area contributed by atoms with Gasteiger partial charge in [0, 0.05) is 18.3 Å². The minimum absolute atomic E-state index is 0.0420. The van der Waals surface area contributed by atoms with E-state index >= 15 is 0 Å². The van der Waals surface area contributed by atoms with Gasteiger partial charge >= 0.3 is 6.09 Å². The average molecular weight is 511 g/mol. The topological polar surface area (TPSA) is 106 Å². The SMILES string of the molecule is COC(=O)NNC(=O)c1cc(Cl)cc(C)c1N(C)C(=O)c1cc(Cl)c(Cl)n1-c1ccccn1. The minimum Gasteiger partial charge on any atom is -0.452 e. The molecule has 2 heterocycles. The Balaban J connectivity index is 2.06. The van der Waals surface area contributed by atoms with Crippen molar-refractivity contribution in [3.63, 3.8) is 0 Å². The number of halogens is 3. The van der Waals surface area contributed by atoms with Crippen molar-refractivity contribution < 1.29 is 19.1 Å². The van der Waals surface area contributed by atoms with E-state index in [0.717, 1.165) is 7.11 Å². The normalized spacial score (nSPS) is 10.5. The summed E-state index contributed by atoms with van der Waals surface area (Å²) in [5, 5.41) is 0.538. The lowest BCUT2D eigenvalue weighted by molar-refractivity contribution is 0.0921. The van der Waals surface area contributed by atoms with E-state index in [0.29, 0.717) is 11.4 Å². The fraction of sp³-hybridized carbons (Fsp3) is 0.143. The lowest BCUT2D eigenvalue weighted by atomic mass is 10.1. The molecule has 0 spiro atoms. The van der Waals surface area contributed by atoms with Crippen LogP contribution in [0.4, 0.5) is 10.5 Å². The van der Waals surface area contributed by atoms with Crippen LogP contribution < -0.4 is 15.8 Å². The molecule has 0 radical (unpaired) electrons. The number of nitrogens with one attached hydrogen (secondary N) is 2. The van der Waals surface area contributed by atoms with Crippen LogP contribution in [0, 0.1) is 6.92 Å². The van der Waals surface area contributed by atoms with Gasteiger partial charge in [-0.15, -0.1) is 0 Å². The molecule has 0 atom stereocenters. The van der Waals surface area contributed by atoms with E-state index in [2.05, 4.69) is 20.6 Å². The maximum atomic E-state index is 13.5. The first-order chi connectivity index (χ1) is 15.6. The number of aromatic nitrogens is 2. The molecule has 0 saturated carbocycles. The average Bonchev–Trinajstić information content (AvgIpc) is 3.10. The van der Waals surface area contributed by atoms with E-state index in [-0.39, 0.29) is 32.1 Å². The van der Waals surface area contributed by atoms with E-state index in [1.54, 1.807) is 37.4 Å². The molecule has 2 N–H and O–H groups in total. The number of rotatable bonds is 4. The molecular weight excluding hydrogens is 493 g/mol. The van der Waals surface area contributed by atoms with Crippen molar-refractivity contribution in [1.82, 2.24) is 20.4 Å². The maximum absolute atomic E-state index is 13.5. The molecule has 12 heteroatoms. The molecule has 0 aliphatic carbocycles. The predicted octanol–water partition coefficient (Wildman–Crippen LogP) is 4.42. The van der Waals surface area contributed by atoms with Crippen LogP contribution in [0.3, 0.4) is 0 Å². The highest BCUT2D eigenvalue weighted by Crippen LogP contribution is 2.33. The van der Waals surface area contributed by atoms with E-state index in [4.69, 9.17) is 34.8 Å². The Morgan fingerprint density at radius 2 is 1.82 bits per heavy atom. The highest BCUT2D eigenvalue weighted by atomic mass is 35.5. The summed E-state index contributed by atoms with van der Waals surface area (Å²) < 4.78 is 5.85. The number of anilines is 1. The molecule has 3 aromatic rings. The fourth-order valence-electron chi connectivity index (χ4n) is 3.18. The van der Waals surface area contributed by atoms with Crippen LogP contribution in [0.2, 0.25) is 15.2 Å². The number of hydrogen-bond acceptors (Lipinski definition) is 5. The van der Waals surface area contributed by atoms with Crippen LogP contribution in [0.1, 0.15) is 26.4 Å². The largest absolute Gasteiger partial charge is 0.452 e. The van der Waals surface area contributed by atoms with Gasteiger partial charge in [0.15, 0.2) is 0 Å². The third-order valence-electron chi connectivity index (χ3n) is 4.61. The van der Waals surface area contributed by atoms with Gasteiger partial charge in [-0.1, -0.05) is 40.9 Å². The minimum atomic E-state index is -0.870. The number of pyridine rings is 1. The summed E-state index contributed by atoms with van der Waals surface area (Å²) in [7, 11) is 2.64. The Labute approximate surface area is 204 Å². The first-order valence-electron chi connectivity index (χ1n) is 9.36. The Morgan fingerprint density at radius 3 is 2.45 bits per heavy atom. The molecular formula is C21H18Cl3N5O4. The first-order valence-corrected chi connectivity index (χ1v) is 10.5. The van der Waals surface area contributed by atoms with Crippen molar-refractivity contribution in [2.75, 3.05) is 19.1 Å². The number of carbonyl (C=O) groups excluding carboxylic acids is 3. The summed E-state index contributed by atoms with van der Waals surface area (Å²) in [6.07, 6.45) is 0.683. The van der Waals surface area contributed by atoms with Gasteiger partial charge < -0.3 is 9.64 Å². The maximum Gasteiger partial charge on any atom is 0.425 e. The van der Waals surface area contributed by atoms with Crippen molar-refractivity contribution in [2.45, 2.75) is 6.92 Å². The van der Waals surface area contributed by atoms with Crippen molar-refractivity contribution in [3.8, 4) is 5.82 Å². The third-order valence-corrected chi connectivity index (χ3v) is 5.58. The fourth-order valence-corrected chi connectivity index (χ4v) is 3.87. The van der Waals surface area contributed by atoms with Gasteiger partial charge in [0.1, 0.15) is 16.7 Å². The second kappa shape index (κ2) is 10.1. The van der Waals surface area contributed by atoms with Gasteiger partial charge in [0.05, 0.1) is 23.4 Å². The van der Waals surface area contributed by atoms with Crippen LogP contribution in [0.25, 0.3) is 5.82 Å². The zero-order valence-electron chi connectivity index (χ0n) is 17.6. The summed E-state index contributed by atoms with van der Waals surface area (Å²) in [4.78, 5) is 43.1. The number of methoxy groups -OCH3 is 1. The number of hydrogen-bond donors (Lipinski definition) is 2. The summed E-state index contributed by atoms with van der Waals surface area (Å²) in [6, 6.07) is 9.53. The van der Waals surface area contributed by atoms with Gasteiger partial charge in [-0.2, -0.15) is 0 Å². The van der Waals surface area contributed by atoms with Gasteiger partial charge in [0.25, 0.3) is 11.8 Å². The lowest BCUT2D eigenvalue weighted by Gasteiger charge is -2.23. The predicted molar refractivity (Wildman–Crippen MR) is 126 cm³/mol. The number of amides is 3. The highest BCUT2D eigenvalue weighted by molar-refractivity contribution is 6.42. The first kappa shape index (κ1) is 24.4. The number of carbonyl (C=O) groups is 3. The van der Waals surface area contributed by atoms with Crippen molar-refractivity contribution >= 4 is 58.4 Å². The molecule has 0 unspecified atom stereocenters. The molecule has 3 amide bonds. The van der Waals surface area contributed by atoms with E-state index in [1.807, 2.05) is 0 Å². The van der Waals surface area contributed by atoms with Crippen LogP contribution in [-0.4, -0.2) is 41.6 Å². The summed E-state index contributed by atoms with van der Waals surface area (Å²) in [6.45, 7) is 1.69. The molecule has 3 rings (SSSR count). The molecule has 2 aromatic heterocycles. The molecule has 0 bridgehead atoms. The van der Waals surface area contributed by atoms with Crippen LogP contribution in [-0.2, 0) is 4.74 Å². The number of ether oxygens (including phenoxy) is 1. The van der Waals surface area contributed by atoms with Gasteiger partial charge in [-0.3, -0.25) is 19.6 Å². The second-order valence-electron chi connectivity index (χ2n) is 6.75. The van der Waals surface area contributed by atoms with Gasteiger partial charge in [-0.25, -0.2) is 15.2 Å². The zero-order chi connectivity index (χ0) is 24.3. The van der Waals surface area contributed by atoms with Crippen LogP contribution >= 0.6 is 34.8 Å². The Kier molecular flexibility index (Phi) is 7.47. The molecule has 1 aromatic carbocycles. The lowest BCUT2D eigenvalue weighted by Crippen LogP contribution is -2.42. The second-order valence-corrected chi connectivity index (χ2v) is 7.95. The van der Waals surface area contributed by atoms with E-state index in [1.165, 1.54) is 28.6 Å². The number of hydrazine groups is 1. The summed E-state index contributed by atoms with van der Waals surface area (Å²) in [5.41, 5.74) is 5.26. The van der Waals surface area contributed by atoms with Crippen LogP contribution in [0.15, 0.2) is 42.6 Å². The zero-order valence-corrected chi connectivity index (χ0v) is 19.9. The Morgan fingerprint density at radius 1 is 1.09 bits per heavy atom. The molecule has 0 aliphatic heterocycles. The standard InChI is InChI=1S/C21H18Cl3N5O4/c1-11-8-12(22)9-13(19(30)26-27-21(32)33-3)17(11)28(2)20(31)15-10-14(23)18(24)29(15)16-6-4-5-7-25-16/h4-10H,1-3H3,(H,26,30)(H,27,32). The number of aryl methyl sites for hydroxylation is 1. The quantitative estimate of drug-likeness (QED) is 0.506. The van der Waals surface area contributed by atoms with Gasteiger partial charge in [0.2, 0.25) is 0 Å². The van der Waals surface area contributed by atoms with Crippen molar-refractivity contribution in [3.05, 3.63) is 74.6 Å². The van der Waals surface area contributed by atoms with E-state index < -0.39 is 17.9 Å². The molecule has 0 fully saturated rings. The van der Waals surface area contributed by atoms with E-state index in [9.17, 15) is 14.4 Å². The number of nitrogens with zero attached hydrogens (tertiary/aromatic N) is 3. The molecule has 0 aliphatic rings. The highest BCUT2D eigenvalue weighted by Gasteiger charge is 2.27. The van der Waals surface area contributed by atoms with Crippen molar-refractivity contribution in [1.29, 1.82) is 0 Å². The Hall–Kier alpha value is -3.27. The number of benzene rings is 1. The summed E-state index contributed by atoms with van der Waals surface area (Å²) in [5.74, 6) is -0.842. The monoisotopic (exact) mass is 509 g/mol. The Bertz CT molecular complexity index is 1230. The summed E-state index contributed by atoms with van der Waals surface area (Å²) >= 11 is 18.7.